The standard InChI is InChI=1S/C23H18Cl4N4O3/c24-20-3-1-15(11-22(20)26)9-17-5-7-28-30(17)33-13-19(32)14-34-31-18(6-8-29-31)10-16-2-4-21(25)23(27)12-16/h1-8,11-12H,9-10,13-14H2. The van der Waals surface area contributed by atoms with E-state index in [9.17, 15) is 4.79 Å². The van der Waals surface area contributed by atoms with Crippen molar-refractivity contribution < 1.29 is 14.5 Å². The summed E-state index contributed by atoms with van der Waals surface area (Å²) in [7, 11) is 0. The molecule has 0 aliphatic heterocycles. The smallest absolute Gasteiger partial charge is 0.213 e. The molecule has 0 aliphatic carbocycles. The average Bonchev–Trinajstić information content (AvgIpc) is 3.45. The minimum absolute atomic E-state index is 0.223. The Morgan fingerprint density at radius 1 is 0.676 bits per heavy atom. The van der Waals surface area contributed by atoms with Crippen molar-refractivity contribution in [1.82, 2.24) is 19.9 Å². The van der Waals surface area contributed by atoms with E-state index in [4.69, 9.17) is 56.1 Å². The molecule has 34 heavy (non-hydrogen) atoms. The molecule has 4 aromatic rings. The third-order valence-electron chi connectivity index (χ3n) is 4.80. The first-order valence-corrected chi connectivity index (χ1v) is 11.6. The Balaban J connectivity index is 1.30. The molecular weight excluding hydrogens is 522 g/mol. The van der Waals surface area contributed by atoms with Crippen LogP contribution in [0, 0.1) is 0 Å². The van der Waals surface area contributed by atoms with Crippen LogP contribution in [0.5, 0.6) is 0 Å². The van der Waals surface area contributed by atoms with Crippen LogP contribution >= 0.6 is 46.4 Å². The number of carbonyl (C=O) groups is 1. The largest absolute Gasteiger partial charge is 0.388 e. The molecule has 0 amide bonds. The number of hydrogen-bond acceptors (Lipinski definition) is 5. The summed E-state index contributed by atoms with van der Waals surface area (Å²) >= 11 is 24.1. The number of benzene rings is 2. The van der Waals surface area contributed by atoms with Gasteiger partial charge in [-0.3, -0.25) is 4.79 Å². The van der Waals surface area contributed by atoms with Gasteiger partial charge in [0.25, 0.3) is 0 Å². The van der Waals surface area contributed by atoms with Gasteiger partial charge in [-0.2, -0.15) is 0 Å². The summed E-state index contributed by atoms with van der Waals surface area (Å²) in [5, 5.41) is 10.1. The van der Waals surface area contributed by atoms with Crippen molar-refractivity contribution in [1.29, 1.82) is 0 Å². The predicted octanol–water partition coefficient (Wildman–Crippen LogP) is 5.00. The summed E-state index contributed by atoms with van der Waals surface area (Å²) in [6.07, 6.45) is 4.19. The van der Waals surface area contributed by atoms with Gasteiger partial charge in [0.2, 0.25) is 5.78 Å². The van der Waals surface area contributed by atoms with Crippen molar-refractivity contribution in [3.05, 3.63) is 104 Å². The molecule has 2 aromatic carbocycles. The quantitative estimate of drug-likeness (QED) is 0.283. The number of hydrogen-bond donors (Lipinski definition) is 0. The highest BCUT2D eigenvalue weighted by Crippen LogP contribution is 2.24. The van der Waals surface area contributed by atoms with Crippen LogP contribution in [0.3, 0.4) is 0 Å². The van der Waals surface area contributed by atoms with Gasteiger partial charge in [-0.15, -0.1) is 19.9 Å². The highest BCUT2D eigenvalue weighted by atomic mass is 35.5. The lowest BCUT2D eigenvalue weighted by molar-refractivity contribution is -0.129. The summed E-state index contributed by atoms with van der Waals surface area (Å²) in [6.45, 7) is -0.446. The fourth-order valence-electron chi connectivity index (χ4n) is 3.15. The maximum Gasteiger partial charge on any atom is 0.213 e. The molecule has 2 aromatic heterocycles. The number of nitrogens with zero attached hydrogens (tertiary/aromatic N) is 4. The number of carbonyl (C=O) groups excluding carboxylic acids is 1. The van der Waals surface area contributed by atoms with E-state index in [0.717, 1.165) is 22.5 Å². The molecule has 0 fully saturated rings. The average molecular weight is 540 g/mol. The molecule has 0 bridgehead atoms. The van der Waals surface area contributed by atoms with E-state index in [1.165, 1.54) is 9.69 Å². The molecule has 0 atom stereocenters. The van der Waals surface area contributed by atoms with Crippen molar-refractivity contribution >= 4 is 52.2 Å². The zero-order valence-corrected chi connectivity index (χ0v) is 20.7. The summed E-state index contributed by atoms with van der Waals surface area (Å²) in [4.78, 5) is 26.1. The Labute approximate surface area is 215 Å². The number of aromatic nitrogens is 4. The zero-order valence-electron chi connectivity index (χ0n) is 17.6. The van der Waals surface area contributed by atoms with Crippen molar-refractivity contribution in [2.75, 3.05) is 13.2 Å². The van der Waals surface area contributed by atoms with Gasteiger partial charge < -0.3 is 9.68 Å². The van der Waals surface area contributed by atoms with E-state index < -0.39 is 0 Å². The van der Waals surface area contributed by atoms with Crippen LogP contribution < -0.4 is 9.68 Å². The minimum Gasteiger partial charge on any atom is -0.388 e. The normalized spacial score (nSPS) is 10.9. The van der Waals surface area contributed by atoms with Crippen LogP contribution in [0.15, 0.2) is 60.9 Å². The van der Waals surface area contributed by atoms with E-state index in [-0.39, 0.29) is 19.0 Å². The fourth-order valence-corrected chi connectivity index (χ4v) is 3.79. The monoisotopic (exact) mass is 538 g/mol. The van der Waals surface area contributed by atoms with E-state index in [1.54, 1.807) is 48.8 Å². The molecule has 0 N–H and O–H groups in total. The van der Waals surface area contributed by atoms with Crippen molar-refractivity contribution in [3.63, 3.8) is 0 Å². The lowest BCUT2D eigenvalue weighted by Crippen LogP contribution is -2.29. The molecule has 11 heteroatoms. The van der Waals surface area contributed by atoms with E-state index in [0.29, 0.717) is 32.9 Å². The van der Waals surface area contributed by atoms with Crippen LogP contribution in [0.25, 0.3) is 0 Å². The number of rotatable bonds is 10. The van der Waals surface area contributed by atoms with Gasteiger partial charge in [-0.05, 0) is 47.5 Å². The van der Waals surface area contributed by atoms with E-state index >= 15 is 0 Å². The summed E-state index contributed by atoms with van der Waals surface area (Å²) in [6, 6.07) is 14.3. The molecule has 0 radical (unpaired) electrons. The number of Topliss-reactive ketones (excluding diaryl/α,β-unsaturated/α-hetero) is 1. The first-order valence-electron chi connectivity index (χ1n) is 10.1. The maximum atomic E-state index is 12.3. The number of halogens is 4. The fraction of sp³-hybridized carbons (Fsp3) is 0.174. The van der Waals surface area contributed by atoms with Crippen LogP contribution in [0.2, 0.25) is 20.1 Å². The summed E-state index contributed by atoms with van der Waals surface area (Å²) in [5.74, 6) is -0.285. The van der Waals surface area contributed by atoms with Gasteiger partial charge in [0.15, 0.2) is 13.2 Å². The molecule has 0 unspecified atom stereocenters. The van der Waals surface area contributed by atoms with Crippen LogP contribution in [-0.4, -0.2) is 38.9 Å². The second-order valence-corrected chi connectivity index (χ2v) is 8.96. The Hall–Kier alpha value is -2.71. The van der Waals surface area contributed by atoms with Gasteiger partial charge in [-0.25, -0.2) is 0 Å². The lowest BCUT2D eigenvalue weighted by Gasteiger charge is -2.11. The van der Waals surface area contributed by atoms with Gasteiger partial charge in [0.05, 0.1) is 43.9 Å². The first-order chi connectivity index (χ1) is 16.4. The highest BCUT2D eigenvalue weighted by Gasteiger charge is 2.12. The summed E-state index contributed by atoms with van der Waals surface area (Å²) in [5.41, 5.74) is 3.37. The molecule has 0 saturated carbocycles. The predicted molar refractivity (Wildman–Crippen MR) is 131 cm³/mol. The Kier molecular flexibility index (Phi) is 8.00. The number of ketones is 1. The van der Waals surface area contributed by atoms with Crippen molar-refractivity contribution in [3.8, 4) is 0 Å². The van der Waals surface area contributed by atoms with Crippen LogP contribution in [-0.2, 0) is 17.6 Å². The second-order valence-electron chi connectivity index (χ2n) is 7.33. The first kappa shape index (κ1) is 24.4. The molecule has 0 saturated heterocycles. The Bertz CT molecular complexity index is 1210. The third kappa shape index (κ3) is 6.24. The Morgan fingerprint density at radius 3 is 1.53 bits per heavy atom. The second kappa shape index (κ2) is 11.1. The molecule has 0 aliphatic rings. The van der Waals surface area contributed by atoms with Crippen LogP contribution in [0.1, 0.15) is 22.5 Å². The molecule has 176 valence electrons. The molecule has 4 rings (SSSR count). The van der Waals surface area contributed by atoms with Gasteiger partial charge in [0, 0.05) is 12.8 Å². The summed E-state index contributed by atoms with van der Waals surface area (Å²) < 4.78 is 0. The molecular formula is C23H18Cl4N4O3. The lowest BCUT2D eigenvalue weighted by atomic mass is 10.1. The van der Waals surface area contributed by atoms with Crippen molar-refractivity contribution in [2.45, 2.75) is 12.8 Å². The van der Waals surface area contributed by atoms with Crippen LogP contribution in [0.4, 0.5) is 0 Å². The van der Waals surface area contributed by atoms with E-state index in [1.807, 2.05) is 12.1 Å². The molecule has 7 nitrogen and oxygen atoms in total. The van der Waals surface area contributed by atoms with Gasteiger partial charge in [0.1, 0.15) is 0 Å². The Morgan fingerprint density at radius 2 is 1.12 bits per heavy atom. The van der Waals surface area contributed by atoms with Gasteiger partial charge in [-0.1, -0.05) is 58.5 Å². The van der Waals surface area contributed by atoms with E-state index in [2.05, 4.69) is 10.2 Å². The molecule has 0 spiro atoms. The zero-order chi connectivity index (χ0) is 24.1. The van der Waals surface area contributed by atoms with Crippen molar-refractivity contribution in [2.24, 2.45) is 0 Å². The highest BCUT2D eigenvalue weighted by molar-refractivity contribution is 6.42. The molecule has 2 heterocycles. The maximum absolute atomic E-state index is 12.3. The topological polar surface area (TPSA) is 71.2 Å². The SMILES string of the molecule is O=C(COn1nccc1Cc1ccc(Cl)c(Cl)c1)COn1nccc1Cc1ccc(Cl)c(Cl)c1. The van der Waals surface area contributed by atoms with Gasteiger partial charge >= 0.3 is 0 Å². The third-order valence-corrected chi connectivity index (χ3v) is 6.28. The minimum atomic E-state index is -0.285.